The van der Waals surface area contributed by atoms with Crippen molar-refractivity contribution in [2.24, 2.45) is 0 Å². The first-order valence-electron chi connectivity index (χ1n) is 11.2. The molecule has 3 heterocycles. The van der Waals surface area contributed by atoms with E-state index in [4.69, 9.17) is 9.26 Å². The van der Waals surface area contributed by atoms with Crippen molar-refractivity contribution in [3.8, 4) is 0 Å². The van der Waals surface area contributed by atoms with Gasteiger partial charge in [-0.3, -0.25) is 18.9 Å². The van der Waals surface area contributed by atoms with Gasteiger partial charge in [0.05, 0.1) is 23.6 Å². The summed E-state index contributed by atoms with van der Waals surface area (Å²) in [6.07, 6.45) is -2.74. The second kappa shape index (κ2) is 10.1. The monoisotopic (exact) mass is 517 g/mol. The van der Waals surface area contributed by atoms with E-state index in [-0.39, 0.29) is 31.2 Å². The molecule has 2 aromatic rings. The van der Waals surface area contributed by atoms with Crippen LogP contribution in [-0.4, -0.2) is 74.4 Å². The van der Waals surface area contributed by atoms with E-state index in [9.17, 15) is 34.4 Å². The maximum absolute atomic E-state index is 12.7. The molecule has 14 nitrogen and oxygen atoms in total. The van der Waals surface area contributed by atoms with E-state index in [2.05, 4.69) is 20.4 Å². The van der Waals surface area contributed by atoms with E-state index in [0.29, 0.717) is 5.69 Å². The number of rotatable bonds is 10. The van der Waals surface area contributed by atoms with Gasteiger partial charge in [0.1, 0.15) is 12.2 Å². The number of aromatic nitrogens is 5. The molecule has 3 rings (SSSR count). The minimum absolute atomic E-state index is 0.0320. The molecule has 1 fully saturated rings. The van der Waals surface area contributed by atoms with Crippen molar-refractivity contribution in [1.29, 1.82) is 0 Å². The third-order valence-electron chi connectivity index (χ3n) is 6.49. The molecule has 15 heteroatoms. The molecule has 0 spiro atoms. The predicted molar refractivity (Wildman–Crippen MR) is 122 cm³/mol. The number of hydrogen-bond acceptors (Lipinski definition) is 10. The van der Waals surface area contributed by atoms with Gasteiger partial charge in [-0.2, -0.15) is 15.4 Å². The molecule has 0 radical (unpaired) electrons. The highest BCUT2D eigenvalue weighted by molar-refractivity contribution is 7.54. The van der Waals surface area contributed by atoms with E-state index < -0.39 is 54.3 Å². The molecule has 0 aromatic carbocycles. The summed E-state index contributed by atoms with van der Waals surface area (Å²) >= 11 is 0. The second-order valence-electron chi connectivity index (χ2n) is 9.20. The summed E-state index contributed by atoms with van der Waals surface area (Å²) in [6.45, 7) is 5.96. The van der Waals surface area contributed by atoms with Gasteiger partial charge in [0.15, 0.2) is 11.6 Å². The lowest BCUT2D eigenvalue weighted by Gasteiger charge is -2.37. The molecule has 0 aliphatic carbocycles. The van der Waals surface area contributed by atoms with E-state index in [0.717, 1.165) is 4.57 Å². The minimum Gasteiger partial charge on any atom is -0.388 e. The fraction of sp³-hybridized carbons (Fsp3) is 0.700. The average Bonchev–Trinajstić information content (AvgIpc) is 3.39. The molecule has 1 aliphatic rings. The number of aliphatic hydroxyl groups excluding tert-OH is 2. The van der Waals surface area contributed by atoms with Crippen LogP contribution < -0.4 is 11.2 Å². The topological polar surface area (TPSA) is 213 Å². The van der Waals surface area contributed by atoms with Crippen LogP contribution in [0.2, 0.25) is 0 Å². The molecular weight excluding hydrogens is 485 g/mol. The van der Waals surface area contributed by atoms with Gasteiger partial charge >= 0.3 is 13.3 Å². The number of aliphatic hydroxyl groups is 3. The van der Waals surface area contributed by atoms with Crippen LogP contribution in [0.15, 0.2) is 22.0 Å². The van der Waals surface area contributed by atoms with Gasteiger partial charge in [0, 0.05) is 24.6 Å². The number of nitrogens with zero attached hydrogens (tertiary/aromatic N) is 3. The summed E-state index contributed by atoms with van der Waals surface area (Å²) in [6, 6.07) is 0. The van der Waals surface area contributed by atoms with Crippen molar-refractivity contribution in [1.82, 2.24) is 25.0 Å². The molecule has 196 valence electrons. The van der Waals surface area contributed by atoms with Crippen molar-refractivity contribution in [3.63, 3.8) is 0 Å². The Hall–Kier alpha value is -2.19. The number of ether oxygens (including phenoxy) is 1. The lowest BCUT2D eigenvalue weighted by molar-refractivity contribution is -0.0715. The van der Waals surface area contributed by atoms with Gasteiger partial charge in [0.25, 0.3) is 5.56 Å². The van der Waals surface area contributed by atoms with Crippen LogP contribution in [0.5, 0.6) is 0 Å². The summed E-state index contributed by atoms with van der Waals surface area (Å²) in [5, 5.41) is 39.6. The Balaban J connectivity index is 1.85. The van der Waals surface area contributed by atoms with Gasteiger partial charge in [-0.25, -0.2) is 4.79 Å². The predicted octanol–water partition coefficient (Wildman–Crippen LogP) is -0.256. The lowest BCUT2D eigenvalue weighted by atomic mass is 9.93. The fourth-order valence-corrected chi connectivity index (χ4v) is 5.14. The molecule has 1 aliphatic heterocycles. The van der Waals surface area contributed by atoms with Gasteiger partial charge < -0.3 is 29.5 Å². The molecule has 2 aromatic heterocycles. The number of nitrogens with one attached hydrogen (secondary N) is 2. The van der Waals surface area contributed by atoms with E-state index >= 15 is 0 Å². The van der Waals surface area contributed by atoms with Gasteiger partial charge in [-0.05, 0) is 26.7 Å². The van der Waals surface area contributed by atoms with E-state index in [1.54, 1.807) is 13.8 Å². The fourth-order valence-electron chi connectivity index (χ4n) is 3.74. The zero-order chi connectivity index (χ0) is 26.2. The molecule has 0 amide bonds. The zero-order valence-corrected chi connectivity index (χ0v) is 20.8. The quantitative estimate of drug-likeness (QED) is 0.226. The third kappa shape index (κ3) is 5.64. The molecule has 7 atom stereocenters. The molecule has 0 bridgehead atoms. The van der Waals surface area contributed by atoms with Crippen molar-refractivity contribution in [3.05, 3.63) is 44.5 Å². The van der Waals surface area contributed by atoms with Crippen LogP contribution in [0, 0.1) is 0 Å². The van der Waals surface area contributed by atoms with Crippen LogP contribution in [0.4, 0.5) is 0 Å². The summed E-state index contributed by atoms with van der Waals surface area (Å²) in [7, 11) is -4.50. The molecule has 3 unspecified atom stereocenters. The van der Waals surface area contributed by atoms with Gasteiger partial charge in [0.2, 0.25) is 0 Å². The minimum atomic E-state index is -4.50. The summed E-state index contributed by atoms with van der Waals surface area (Å²) in [5.41, 5.74) is -2.23. The maximum atomic E-state index is 12.7. The Bertz CT molecular complexity index is 1180. The van der Waals surface area contributed by atoms with Crippen LogP contribution >= 0.6 is 7.60 Å². The molecule has 1 saturated heterocycles. The normalized spacial score (nSPS) is 27.8. The van der Waals surface area contributed by atoms with E-state index in [1.807, 2.05) is 0 Å². The van der Waals surface area contributed by atoms with Crippen molar-refractivity contribution in [2.75, 3.05) is 0 Å². The Morgan fingerprint density at radius 1 is 1.23 bits per heavy atom. The van der Waals surface area contributed by atoms with E-state index in [1.165, 1.54) is 26.2 Å². The first-order chi connectivity index (χ1) is 16.2. The smallest absolute Gasteiger partial charge is 0.359 e. The Labute approximate surface area is 200 Å². The first-order valence-corrected chi connectivity index (χ1v) is 12.8. The summed E-state index contributed by atoms with van der Waals surface area (Å²) < 4.78 is 25.0. The largest absolute Gasteiger partial charge is 0.388 e. The number of aromatic amines is 2. The van der Waals surface area contributed by atoms with Crippen molar-refractivity contribution in [2.45, 2.75) is 88.9 Å². The Morgan fingerprint density at radius 3 is 2.49 bits per heavy atom. The van der Waals surface area contributed by atoms with Crippen LogP contribution in [0.1, 0.15) is 64.4 Å². The highest BCUT2D eigenvalue weighted by Gasteiger charge is 2.50. The first kappa shape index (κ1) is 27.4. The Kier molecular flexibility index (Phi) is 7.87. The molecule has 35 heavy (non-hydrogen) atoms. The number of hydrogen-bond donors (Lipinski definition) is 6. The standard InChI is InChI=1S/C20H32N5O9P/c1-5-19(3,34-35(31,32)20(4,30)6-2)8-13-14(26)15(27)17(33-13)25-10-11(16(28)22-18(25)29)7-12-9-21-24-23-12/h9-10,13-15,17,26-27,30H,5-8H2,1-4H3,(H,31,32)(H,21,23,24)(H,22,28,29)/t13-,14?,15+,17-,19-,20?/m1/s1. The van der Waals surface area contributed by atoms with Crippen LogP contribution in [0.25, 0.3) is 0 Å². The lowest BCUT2D eigenvalue weighted by Crippen LogP contribution is -2.40. The van der Waals surface area contributed by atoms with Gasteiger partial charge in [-0.1, -0.05) is 13.8 Å². The SMILES string of the molecule is CCC(C)(O)P(=O)(O)O[C@](C)(CC)C[C@H]1O[C@@H](n2cc(Cc3cn[nH]n3)c(=O)[nH]c2=O)[C@@H](O)C1O. The van der Waals surface area contributed by atoms with Crippen molar-refractivity contribution >= 4 is 7.60 Å². The Morgan fingerprint density at radius 2 is 1.91 bits per heavy atom. The average molecular weight is 517 g/mol. The highest BCUT2D eigenvalue weighted by atomic mass is 31.2. The molecular formula is C20H32N5O9P. The highest BCUT2D eigenvalue weighted by Crippen LogP contribution is 2.59. The van der Waals surface area contributed by atoms with Crippen LogP contribution in [0.3, 0.4) is 0 Å². The second-order valence-corrected chi connectivity index (χ2v) is 11.4. The molecule has 6 N–H and O–H groups in total. The van der Waals surface area contributed by atoms with Crippen LogP contribution in [-0.2, 0) is 20.2 Å². The third-order valence-corrected chi connectivity index (χ3v) is 8.71. The summed E-state index contributed by atoms with van der Waals surface area (Å²) in [4.78, 5) is 37.3. The van der Waals surface area contributed by atoms with Crippen molar-refractivity contribution < 1.29 is 34.0 Å². The zero-order valence-electron chi connectivity index (χ0n) is 19.9. The molecule has 0 saturated carbocycles. The summed E-state index contributed by atoms with van der Waals surface area (Å²) in [5.74, 6) is 0. The number of H-pyrrole nitrogens is 2. The maximum Gasteiger partial charge on any atom is 0.359 e. The van der Waals surface area contributed by atoms with Gasteiger partial charge in [-0.15, -0.1) is 0 Å².